The number of amides is 1. The highest BCUT2D eigenvalue weighted by Crippen LogP contribution is 1.93. The Morgan fingerprint density at radius 1 is 1.38 bits per heavy atom. The fourth-order valence-electron chi connectivity index (χ4n) is 0.849. The maximum Gasteiger partial charge on any atom is 0.359 e. The monoisotopic (exact) mass is 189 g/mol. The van der Waals surface area contributed by atoms with Gasteiger partial charge < -0.3 is 14.9 Å². The first-order valence-electron chi connectivity index (χ1n) is 4.18. The van der Waals surface area contributed by atoms with Crippen molar-refractivity contribution in [2.45, 2.75) is 13.3 Å². The van der Waals surface area contributed by atoms with Crippen LogP contribution >= 0.6 is 0 Å². The molecule has 0 aliphatic rings. The van der Waals surface area contributed by atoms with Gasteiger partial charge in [0, 0.05) is 6.42 Å². The van der Waals surface area contributed by atoms with Gasteiger partial charge in [-0.05, 0) is 0 Å². The minimum absolute atomic E-state index is 0.00396. The van der Waals surface area contributed by atoms with Gasteiger partial charge in [-0.2, -0.15) is 0 Å². The Hall–Kier alpha value is -1.10. The zero-order valence-corrected chi connectivity index (χ0v) is 8.33. The minimum atomic E-state index is -0.865. The van der Waals surface area contributed by atoms with Crippen LogP contribution in [0.3, 0.4) is 0 Å². The van der Waals surface area contributed by atoms with E-state index in [-0.39, 0.29) is 16.9 Å². The predicted octanol–water partition coefficient (Wildman–Crippen LogP) is -0.369. The molecular weight excluding hydrogens is 172 g/mol. The van der Waals surface area contributed by atoms with E-state index in [1.807, 2.05) is 0 Å². The molecule has 0 atom stereocenters. The number of carboxylic acids is 1. The van der Waals surface area contributed by atoms with Gasteiger partial charge in [-0.3, -0.25) is 4.79 Å². The molecule has 0 aromatic heterocycles. The average molecular weight is 189 g/mol. The molecule has 0 saturated carbocycles. The van der Waals surface area contributed by atoms with Crippen LogP contribution in [0.1, 0.15) is 13.3 Å². The zero-order chi connectivity index (χ0) is 10.5. The SMILES string of the molecule is CCC(=O)NC[N+](C)(C)CC(=O)O. The summed E-state index contributed by atoms with van der Waals surface area (Å²) in [5.74, 6) is -0.924. The maximum absolute atomic E-state index is 10.9. The number of hydrogen-bond acceptors (Lipinski definition) is 2. The molecular formula is C8H17N2O3+. The van der Waals surface area contributed by atoms with E-state index in [2.05, 4.69) is 5.32 Å². The second-order valence-corrected chi connectivity index (χ2v) is 3.60. The van der Waals surface area contributed by atoms with Crippen LogP contribution in [0.4, 0.5) is 0 Å². The quantitative estimate of drug-likeness (QED) is 0.458. The summed E-state index contributed by atoms with van der Waals surface area (Å²) in [6.07, 6.45) is 0.424. The lowest BCUT2D eigenvalue weighted by Gasteiger charge is -2.27. The van der Waals surface area contributed by atoms with Crippen LogP contribution in [0.2, 0.25) is 0 Å². The Morgan fingerprint density at radius 2 is 1.92 bits per heavy atom. The molecule has 5 nitrogen and oxygen atoms in total. The minimum Gasteiger partial charge on any atom is -0.477 e. The zero-order valence-electron chi connectivity index (χ0n) is 8.33. The molecule has 0 spiro atoms. The van der Waals surface area contributed by atoms with Gasteiger partial charge in [-0.1, -0.05) is 6.92 Å². The number of hydrogen-bond donors (Lipinski definition) is 2. The Morgan fingerprint density at radius 3 is 2.31 bits per heavy atom. The first-order valence-corrected chi connectivity index (χ1v) is 4.18. The van der Waals surface area contributed by atoms with Crippen LogP contribution in [0, 0.1) is 0 Å². The fraction of sp³-hybridized carbons (Fsp3) is 0.750. The molecule has 2 N–H and O–H groups in total. The highest BCUT2D eigenvalue weighted by Gasteiger charge is 2.19. The van der Waals surface area contributed by atoms with E-state index >= 15 is 0 Å². The summed E-state index contributed by atoms with van der Waals surface area (Å²) in [6.45, 7) is 2.11. The van der Waals surface area contributed by atoms with E-state index in [4.69, 9.17) is 5.11 Å². The van der Waals surface area contributed by atoms with Crippen molar-refractivity contribution >= 4 is 11.9 Å². The van der Waals surface area contributed by atoms with Crippen molar-refractivity contribution in [2.24, 2.45) is 0 Å². The van der Waals surface area contributed by atoms with E-state index in [0.717, 1.165) is 0 Å². The van der Waals surface area contributed by atoms with E-state index in [9.17, 15) is 9.59 Å². The molecule has 0 fully saturated rings. The molecule has 0 heterocycles. The van der Waals surface area contributed by atoms with Crippen LogP contribution in [-0.2, 0) is 9.59 Å². The second kappa shape index (κ2) is 4.81. The molecule has 0 unspecified atom stereocenters. The molecule has 0 aromatic carbocycles. The lowest BCUT2D eigenvalue weighted by atomic mass is 10.4. The number of nitrogens with zero attached hydrogens (tertiary/aromatic N) is 1. The summed E-state index contributed by atoms with van der Waals surface area (Å²) in [5.41, 5.74) is 0. The van der Waals surface area contributed by atoms with Crippen molar-refractivity contribution in [3.05, 3.63) is 0 Å². The highest BCUT2D eigenvalue weighted by atomic mass is 16.4. The molecule has 5 heteroatoms. The number of carbonyl (C=O) groups excluding carboxylic acids is 1. The first-order chi connectivity index (χ1) is 5.87. The molecule has 0 aromatic rings. The third-order valence-corrected chi connectivity index (χ3v) is 1.59. The largest absolute Gasteiger partial charge is 0.477 e. The number of aliphatic carboxylic acids is 1. The van der Waals surface area contributed by atoms with Gasteiger partial charge in [0.15, 0.2) is 13.2 Å². The van der Waals surface area contributed by atoms with Gasteiger partial charge in [-0.15, -0.1) is 0 Å². The highest BCUT2D eigenvalue weighted by molar-refractivity contribution is 5.75. The van der Waals surface area contributed by atoms with E-state index in [1.54, 1.807) is 21.0 Å². The predicted molar refractivity (Wildman–Crippen MR) is 47.9 cm³/mol. The van der Waals surface area contributed by atoms with Crippen molar-refractivity contribution in [2.75, 3.05) is 27.3 Å². The smallest absolute Gasteiger partial charge is 0.359 e. The summed E-state index contributed by atoms with van der Waals surface area (Å²) < 4.78 is 0.251. The number of quaternary nitrogens is 1. The average Bonchev–Trinajstić information content (AvgIpc) is 1.98. The Balaban J connectivity index is 3.88. The first kappa shape index (κ1) is 11.9. The van der Waals surface area contributed by atoms with Gasteiger partial charge in [-0.25, -0.2) is 4.79 Å². The van der Waals surface area contributed by atoms with Crippen LogP contribution < -0.4 is 5.32 Å². The molecule has 0 rings (SSSR count). The van der Waals surface area contributed by atoms with Crippen molar-refractivity contribution in [3.63, 3.8) is 0 Å². The van der Waals surface area contributed by atoms with Crippen molar-refractivity contribution < 1.29 is 19.2 Å². The van der Waals surface area contributed by atoms with Crippen molar-refractivity contribution in [3.8, 4) is 0 Å². The van der Waals surface area contributed by atoms with Crippen molar-refractivity contribution in [1.82, 2.24) is 5.32 Å². The normalized spacial score (nSPS) is 11.0. The van der Waals surface area contributed by atoms with Gasteiger partial charge >= 0.3 is 5.97 Å². The molecule has 0 saturated heterocycles. The summed E-state index contributed by atoms with van der Waals surface area (Å²) >= 11 is 0. The van der Waals surface area contributed by atoms with E-state index < -0.39 is 5.97 Å². The molecule has 0 bridgehead atoms. The van der Waals surface area contributed by atoms with Crippen LogP contribution in [0.15, 0.2) is 0 Å². The maximum atomic E-state index is 10.9. The molecule has 13 heavy (non-hydrogen) atoms. The standard InChI is InChI=1S/C8H16N2O3/c1-4-7(11)9-6-10(2,3)5-8(12)13/h4-6H2,1-3H3,(H-,9,11,12,13)/p+1. The lowest BCUT2D eigenvalue weighted by molar-refractivity contribution is -0.884. The summed E-state index contributed by atoms with van der Waals surface area (Å²) in [5, 5.41) is 11.2. The summed E-state index contributed by atoms with van der Waals surface area (Å²) in [4.78, 5) is 21.3. The summed E-state index contributed by atoms with van der Waals surface area (Å²) in [6, 6.07) is 0. The number of likely N-dealkylation sites (N-methyl/N-ethyl adjacent to an activating group) is 1. The topological polar surface area (TPSA) is 66.4 Å². The van der Waals surface area contributed by atoms with E-state index in [1.165, 1.54) is 0 Å². The molecule has 1 amide bonds. The number of rotatable bonds is 5. The third-order valence-electron chi connectivity index (χ3n) is 1.59. The van der Waals surface area contributed by atoms with Gasteiger partial charge in [0.05, 0.1) is 14.1 Å². The van der Waals surface area contributed by atoms with Gasteiger partial charge in [0.25, 0.3) is 0 Å². The van der Waals surface area contributed by atoms with Gasteiger partial charge in [0.1, 0.15) is 0 Å². The van der Waals surface area contributed by atoms with E-state index in [0.29, 0.717) is 13.1 Å². The Bertz CT molecular complexity index is 202. The van der Waals surface area contributed by atoms with Crippen LogP contribution in [-0.4, -0.2) is 48.8 Å². The number of carbonyl (C=O) groups is 2. The Labute approximate surface area is 77.9 Å². The fourth-order valence-corrected chi connectivity index (χ4v) is 0.849. The number of nitrogens with one attached hydrogen (secondary N) is 1. The summed E-state index contributed by atoms with van der Waals surface area (Å²) in [7, 11) is 3.51. The molecule has 0 aliphatic carbocycles. The van der Waals surface area contributed by atoms with Crippen LogP contribution in [0.25, 0.3) is 0 Å². The molecule has 0 aliphatic heterocycles. The van der Waals surface area contributed by atoms with Crippen LogP contribution in [0.5, 0.6) is 0 Å². The lowest BCUT2D eigenvalue weighted by Crippen LogP contribution is -2.50. The molecule has 0 radical (unpaired) electrons. The molecule has 76 valence electrons. The van der Waals surface area contributed by atoms with Gasteiger partial charge in [0.2, 0.25) is 5.91 Å². The van der Waals surface area contributed by atoms with Crippen molar-refractivity contribution in [1.29, 1.82) is 0 Å². The number of carboxylic acid groups (broad SMARTS) is 1. The third kappa shape index (κ3) is 6.10. The Kier molecular flexibility index (Phi) is 4.40. The second-order valence-electron chi connectivity index (χ2n) is 3.60.